The van der Waals surface area contributed by atoms with Crippen LogP contribution >= 0.6 is 11.8 Å². The number of amides is 1. The highest BCUT2D eigenvalue weighted by atomic mass is 32.3. The zero-order valence-corrected chi connectivity index (χ0v) is 18.8. The molecule has 2 aliphatic carbocycles. The molecule has 0 saturated carbocycles. The number of thioether (sulfide) groups is 1. The summed E-state index contributed by atoms with van der Waals surface area (Å²) in [5.74, 6) is -0.356. The monoisotopic (exact) mass is 435 g/mol. The molecule has 29 heavy (non-hydrogen) atoms. The van der Waals surface area contributed by atoms with E-state index in [1.165, 1.54) is 34.0 Å². The van der Waals surface area contributed by atoms with E-state index in [9.17, 15) is 14.1 Å². The molecule has 1 aliphatic heterocycles. The molecule has 0 aromatic heterocycles. The first-order valence-electron chi connectivity index (χ1n) is 10.1. The fraction of sp³-hybridized carbons (Fsp3) is 0.571. The number of hydrogen-bond acceptors (Lipinski definition) is 6. The number of rotatable bonds is 5. The van der Waals surface area contributed by atoms with Gasteiger partial charge in [-0.1, -0.05) is 17.8 Å². The van der Waals surface area contributed by atoms with Gasteiger partial charge in [-0.2, -0.15) is 0 Å². The molecule has 0 fully saturated rings. The van der Waals surface area contributed by atoms with E-state index in [1.807, 2.05) is 0 Å². The fourth-order valence-electron chi connectivity index (χ4n) is 4.64. The first-order valence-corrected chi connectivity index (χ1v) is 12.6. The Morgan fingerprint density at radius 2 is 1.86 bits per heavy atom. The standard InChI is InChI=1S/C21H29N3O3S2/c1-21(2,26)18-12-24(3)20(28-18)29(22,27)23-19(25)11-17-15-8-4-6-13(15)10-14-7-5-9-16(14)17/h10,12,20,26H,4-9,11H2,1-3H3,(H2,22,23,25,27). The van der Waals surface area contributed by atoms with Gasteiger partial charge in [0.1, 0.15) is 0 Å². The summed E-state index contributed by atoms with van der Waals surface area (Å²) < 4.78 is 23.2. The van der Waals surface area contributed by atoms with Gasteiger partial charge in [0.2, 0.25) is 5.91 Å². The average Bonchev–Trinajstić information content (AvgIpc) is 3.31. The molecule has 0 spiro atoms. The van der Waals surface area contributed by atoms with Gasteiger partial charge < -0.3 is 10.0 Å². The highest BCUT2D eigenvalue weighted by molar-refractivity contribution is 8.15. The van der Waals surface area contributed by atoms with Gasteiger partial charge in [-0.15, -0.1) is 0 Å². The molecule has 4 rings (SSSR count). The number of carbonyl (C=O) groups is 1. The topological polar surface area (TPSA) is 93.5 Å². The van der Waals surface area contributed by atoms with Crippen molar-refractivity contribution in [3.63, 3.8) is 0 Å². The van der Waals surface area contributed by atoms with E-state index >= 15 is 0 Å². The van der Waals surface area contributed by atoms with Crippen molar-refractivity contribution in [2.24, 2.45) is 0 Å². The van der Waals surface area contributed by atoms with E-state index in [-0.39, 0.29) is 12.3 Å². The Morgan fingerprint density at radius 3 is 2.38 bits per heavy atom. The number of benzene rings is 1. The molecule has 2 unspecified atom stereocenters. The third kappa shape index (κ3) is 3.94. The van der Waals surface area contributed by atoms with Gasteiger partial charge in [-0.25, -0.2) is 8.99 Å². The summed E-state index contributed by atoms with van der Waals surface area (Å²) in [4.78, 5) is 15.1. The minimum absolute atomic E-state index is 0.189. The summed E-state index contributed by atoms with van der Waals surface area (Å²) in [6.45, 7) is 3.31. The zero-order chi connectivity index (χ0) is 21.0. The summed E-state index contributed by atoms with van der Waals surface area (Å²) in [7, 11) is -1.71. The molecule has 1 heterocycles. The van der Waals surface area contributed by atoms with Crippen molar-refractivity contribution in [3.05, 3.63) is 45.0 Å². The van der Waals surface area contributed by atoms with Gasteiger partial charge in [0.25, 0.3) is 0 Å². The summed E-state index contributed by atoms with van der Waals surface area (Å²) in [5, 5.41) is 10.2. The van der Waals surface area contributed by atoms with Crippen LogP contribution in [0.3, 0.4) is 0 Å². The van der Waals surface area contributed by atoms with Crippen molar-refractivity contribution in [2.75, 3.05) is 7.05 Å². The summed E-state index contributed by atoms with van der Waals surface area (Å²) in [6, 6.07) is 2.33. The molecule has 0 bridgehead atoms. The van der Waals surface area contributed by atoms with Gasteiger partial charge in [-0.3, -0.25) is 9.52 Å². The van der Waals surface area contributed by atoms with E-state index in [1.54, 1.807) is 32.0 Å². The third-order valence-electron chi connectivity index (χ3n) is 5.97. The minimum atomic E-state index is -3.42. The number of nitrogens with zero attached hydrogens (tertiary/aromatic N) is 1. The maximum atomic E-state index is 13.1. The number of aryl methyl sites for hydroxylation is 2. The molecule has 2 atom stereocenters. The second-order valence-electron chi connectivity index (χ2n) is 8.78. The number of aliphatic hydroxyl groups is 1. The predicted octanol–water partition coefficient (Wildman–Crippen LogP) is 2.86. The Kier molecular flexibility index (Phi) is 5.24. The van der Waals surface area contributed by atoms with Crippen molar-refractivity contribution in [3.8, 4) is 0 Å². The average molecular weight is 436 g/mol. The lowest BCUT2D eigenvalue weighted by atomic mass is 9.92. The Labute approximate surface area is 177 Å². The lowest BCUT2D eigenvalue weighted by Crippen LogP contribution is -2.41. The Hall–Kier alpha value is -1.51. The van der Waals surface area contributed by atoms with Gasteiger partial charge >= 0.3 is 0 Å². The number of hydrogen-bond donors (Lipinski definition) is 3. The van der Waals surface area contributed by atoms with Gasteiger partial charge in [0, 0.05) is 18.2 Å². The summed E-state index contributed by atoms with van der Waals surface area (Å²) >= 11 is 1.18. The molecule has 1 aromatic rings. The SMILES string of the molecule is CN1C=C(C(C)(C)O)SC1S(=N)(=O)NC(=O)Cc1c2c(cc3c1CCC3)CCC2. The van der Waals surface area contributed by atoms with E-state index in [0.29, 0.717) is 4.91 Å². The highest BCUT2D eigenvalue weighted by Gasteiger charge is 2.38. The molecule has 3 N–H and O–H groups in total. The lowest BCUT2D eigenvalue weighted by Gasteiger charge is -2.24. The van der Waals surface area contributed by atoms with Crippen LogP contribution in [0.2, 0.25) is 0 Å². The van der Waals surface area contributed by atoms with E-state index in [2.05, 4.69) is 10.8 Å². The Morgan fingerprint density at radius 1 is 1.28 bits per heavy atom. The lowest BCUT2D eigenvalue weighted by molar-refractivity contribution is -0.118. The van der Waals surface area contributed by atoms with Gasteiger partial charge in [0.15, 0.2) is 14.6 Å². The van der Waals surface area contributed by atoms with Crippen LogP contribution in [0, 0.1) is 4.78 Å². The zero-order valence-electron chi connectivity index (χ0n) is 17.2. The van der Waals surface area contributed by atoms with Crippen molar-refractivity contribution < 1.29 is 14.1 Å². The van der Waals surface area contributed by atoms with Crippen LogP contribution in [0.15, 0.2) is 17.2 Å². The molecule has 1 aromatic carbocycles. The van der Waals surface area contributed by atoms with E-state index in [4.69, 9.17) is 4.78 Å². The summed E-state index contributed by atoms with van der Waals surface area (Å²) in [5.41, 5.74) is 5.38. The van der Waals surface area contributed by atoms with Gasteiger partial charge in [-0.05, 0) is 80.2 Å². The van der Waals surface area contributed by atoms with Crippen LogP contribution in [0.1, 0.15) is 54.5 Å². The van der Waals surface area contributed by atoms with Crippen LogP contribution in [-0.4, -0.2) is 37.5 Å². The first-order chi connectivity index (χ1) is 13.6. The van der Waals surface area contributed by atoms with E-state index in [0.717, 1.165) is 44.1 Å². The quantitative estimate of drug-likeness (QED) is 0.661. The molecular formula is C21H29N3O3S2. The Balaban J connectivity index is 1.52. The number of fused-ring (bicyclic) bond motifs is 2. The number of carbonyl (C=O) groups excluding carboxylic acids is 1. The molecular weight excluding hydrogens is 406 g/mol. The molecule has 158 valence electrons. The maximum Gasteiger partial charge on any atom is 0.236 e. The van der Waals surface area contributed by atoms with Crippen molar-refractivity contribution >= 4 is 27.6 Å². The smallest absolute Gasteiger partial charge is 0.236 e. The van der Waals surface area contributed by atoms with Crippen LogP contribution in [0.5, 0.6) is 0 Å². The van der Waals surface area contributed by atoms with E-state index < -0.39 is 20.2 Å². The predicted molar refractivity (Wildman–Crippen MR) is 117 cm³/mol. The van der Waals surface area contributed by atoms with Crippen molar-refractivity contribution in [1.82, 2.24) is 9.62 Å². The maximum absolute atomic E-state index is 13.1. The second kappa shape index (κ2) is 7.32. The minimum Gasteiger partial charge on any atom is -0.385 e. The number of nitrogens with one attached hydrogen (secondary N) is 2. The van der Waals surface area contributed by atoms with Crippen LogP contribution < -0.4 is 4.72 Å². The van der Waals surface area contributed by atoms with Crippen LogP contribution in [-0.2, 0) is 46.8 Å². The largest absolute Gasteiger partial charge is 0.385 e. The Bertz CT molecular complexity index is 961. The van der Waals surface area contributed by atoms with Gasteiger partial charge in [0.05, 0.1) is 12.0 Å². The highest BCUT2D eigenvalue weighted by Crippen LogP contribution is 2.40. The molecule has 1 amide bonds. The van der Waals surface area contributed by atoms with Crippen LogP contribution in [0.4, 0.5) is 0 Å². The molecule has 6 nitrogen and oxygen atoms in total. The summed E-state index contributed by atoms with van der Waals surface area (Å²) in [6.07, 6.45) is 8.28. The third-order valence-corrected chi connectivity index (χ3v) is 9.90. The molecule has 0 saturated heterocycles. The normalized spacial score (nSPS) is 22.8. The second-order valence-corrected chi connectivity index (χ2v) is 12.1. The van der Waals surface area contributed by atoms with Crippen molar-refractivity contribution in [2.45, 2.75) is 69.1 Å². The molecule has 3 aliphatic rings. The molecule has 0 radical (unpaired) electrons. The first kappa shape index (κ1) is 20.8. The molecule has 8 heteroatoms. The van der Waals surface area contributed by atoms with Crippen molar-refractivity contribution in [1.29, 1.82) is 4.78 Å². The fourth-order valence-corrected chi connectivity index (χ4v) is 7.63. The van der Waals surface area contributed by atoms with Crippen LogP contribution in [0.25, 0.3) is 0 Å².